The summed E-state index contributed by atoms with van der Waals surface area (Å²) >= 11 is 0. The number of ether oxygens (including phenoxy) is 1. The van der Waals surface area contributed by atoms with Gasteiger partial charge in [-0.3, -0.25) is 4.79 Å². The highest BCUT2D eigenvalue weighted by atomic mass is 16.5. The number of hydrogen-bond donors (Lipinski definition) is 2. The third kappa shape index (κ3) is 7.00. The van der Waals surface area contributed by atoms with E-state index >= 15 is 0 Å². The van der Waals surface area contributed by atoms with Crippen molar-refractivity contribution >= 4 is 12.0 Å². The summed E-state index contributed by atoms with van der Waals surface area (Å²) in [4.78, 5) is 24.4. The predicted molar refractivity (Wildman–Crippen MR) is 73.2 cm³/mol. The van der Waals surface area contributed by atoms with Crippen LogP contribution in [0.15, 0.2) is 0 Å². The summed E-state index contributed by atoms with van der Waals surface area (Å²) in [5, 5.41) is 11.5. The molecular weight excluding hydrogens is 248 g/mol. The van der Waals surface area contributed by atoms with Crippen LogP contribution < -0.4 is 5.32 Å². The second-order valence-corrected chi connectivity index (χ2v) is 4.70. The van der Waals surface area contributed by atoms with E-state index in [0.29, 0.717) is 26.1 Å². The molecule has 0 aromatic carbocycles. The zero-order valence-corrected chi connectivity index (χ0v) is 12.3. The number of methoxy groups -OCH3 is 1. The molecule has 6 nitrogen and oxygen atoms in total. The SMILES string of the molecule is CCC(C)N(CCOC)C(=O)NCCC(C)C(=O)O. The van der Waals surface area contributed by atoms with Gasteiger partial charge >= 0.3 is 12.0 Å². The van der Waals surface area contributed by atoms with Crippen molar-refractivity contribution in [2.24, 2.45) is 5.92 Å². The lowest BCUT2D eigenvalue weighted by Crippen LogP contribution is -2.46. The van der Waals surface area contributed by atoms with Crippen molar-refractivity contribution in [1.82, 2.24) is 10.2 Å². The van der Waals surface area contributed by atoms with Gasteiger partial charge in [0.05, 0.1) is 12.5 Å². The van der Waals surface area contributed by atoms with Crippen LogP contribution in [0.2, 0.25) is 0 Å². The molecule has 19 heavy (non-hydrogen) atoms. The average molecular weight is 274 g/mol. The zero-order chi connectivity index (χ0) is 14.8. The van der Waals surface area contributed by atoms with Crippen LogP contribution in [-0.4, -0.2) is 54.9 Å². The van der Waals surface area contributed by atoms with Gasteiger partial charge in [0.2, 0.25) is 0 Å². The van der Waals surface area contributed by atoms with Gasteiger partial charge in [0.25, 0.3) is 0 Å². The van der Waals surface area contributed by atoms with Gasteiger partial charge in [-0.2, -0.15) is 0 Å². The van der Waals surface area contributed by atoms with Gasteiger partial charge in [0.15, 0.2) is 0 Å². The van der Waals surface area contributed by atoms with Crippen molar-refractivity contribution < 1.29 is 19.4 Å². The second kappa shape index (κ2) is 9.61. The number of carbonyl (C=O) groups is 2. The molecule has 0 saturated heterocycles. The summed E-state index contributed by atoms with van der Waals surface area (Å²) in [5.74, 6) is -1.29. The van der Waals surface area contributed by atoms with Crippen LogP contribution in [-0.2, 0) is 9.53 Å². The van der Waals surface area contributed by atoms with Crippen LogP contribution in [0.1, 0.15) is 33.6 Å². The molecule has 0 rings (SSSR count). The Labute approximate surface area is 115 Å². The van der Waals surface area contributed by atoms with Crippen molar-refractivity contribution in [1.29, 1.82) is 0 Å². The summed E-state index contributed by atoms with van der Waals surface area (Å²) in [6.07, 6.45) is 1.29. The van der Waals surface area contributed by atoms with Crippen molar-refractivity contribution in [3.05, 3.63) is 0 Å². The van der Waals surface area contributed by atoms with E-state index in [2.05, 4.69) is 5.32 Å². The molecule has 0 radical (unpaired) electrons. The number of rotatable bonds is 9. The highest BCUT2D eigenvalue weighted by molar-refractivity contribution is 5.74. The Balaban J connectivity index is 4.20. The van der Waals surface area contributed by atoms with Crippen LogP contribution in [0.5, 0.6) is 0 Å². The van der Waals surface area contributed by atoms with Crippen LogP contribution in [0, 0.1) is 5.92 Å². The number of nitrogens with zero attached hydrogens (tertiary/aromatic N) is 1. The van der Waals surface area contributed by atoms with Crippen LogP contribution in [0.4, 0.5) is 4.79 Å². The van der Waals surface area contributed by atoms with Crippen LogP contribution in [0.25, 0.3) is 0 Å². The number of carboxylic acid groups (broad SMARTS) is 1. The zero-order valence-electron chi connectivity index (χ0n) is 12.3. The van der Waals surface area contributed by atoms with Gasteiger partial charge in [-0.25, -0.2) is 4.79 Å². The summed E-state index contributed by atoms with van der Waals surface area (Å²) < 4.78 is 4.99. The van der Waals surface area contributed by atoms with E-state index in [1.54, 1.807) is 18.9 Å². The molecule has 0 aliphatic rings. The number of hydrogen-bond acceptors (Lipinski definition) is 3. The molecule has 0 aromatic heterocycles. The first-order valence-corrected chi connectivity index (χ1v) is 6.70. The molecule has 0 aliphatic carbocycles. The minimum absolute atomic E-state index is 0.132. The number of urea groups is 1. The Morgan fingerprint density at radius 3 is 2.47 bits per heavy atom. The molecule has 2 N–H and O–H groups in total. The standard InChI is InChI=1S/C13H26N2O4/c1-5-11(3)15(8-9-19-4)13(18)14-7-6-10(2)12(16)17/h10-11H,5-9H2,1-4H3,(H,14,18)(H,16,17). The predicted octanol–water partition coefficient (Wildman–Crippen LogP) is 1.55. The fourth-order valence-corrected chi connectivity index (χ4v) is 1.55. The van der Waals surface area contributed by atoms with E-state index in [1.807, 2.05) is 13.8 Å². The van der Waals surface area contributed by atoms with Gasteiger partial charge < -0.3 is 20.1 Å². The molecule has 112 valence electrons. The molecule has 0 bridgehead atoms. The fraction of sp³-hybridized carbons (Fsp3) is 0.846. The van der Waals surface area contributed by atoms with Gasteiger partial charge in [0.1, 0.15) is 0 Å². The topological polar surface area (TPSA) is 78.9 Å². The van der Waals surface area contributed by atoms with Crippen molar-refractivity contribution in [3.8, 4) is 0 Å². The maximum atomic E-state index is 12.0. The van der Waals surface area contributed by atoms with E-state index in [4.69, 9.17) is 9.84 Å². The van der Waals surface area contributed by atoms with Crippen molar-refractivity contribution in [2.75, 3.05) is 26.8 Å². The Kier molecular flexibility index (Phi) is 8.95. The van der Waals surface area contributed by atoms with Crippen molar-refractivity contribution in [3.63, 3.8) is 0 Å². The molecule has 2 atom stereocenters. The maximum absolute atomic E-state index is 12.0. The third-order valence-corrected chi connectivity index (χ3v) is 3.20. The third-order valence-electron chi connectivity index (χ3n) is 3.20. The van der Waals surface area contributed by atoms with Crippen molar-refractivity contribution in [2.45, 2.75) is 39.7 Å². The van der Waals surface area contributed by atoms with E-state index < -0.39 is 11.9 Å². The Bertz CT molecular complexity index is 284. The number of nitrogens with one attached hydrogen (secondary N) is 1. The van der Waals surface area contributed by atoms with E-state index in [9.17, 15) is 9.59 Å². The van der Waals surface area contributed by atoms with Crippen LogP contribution >= 0.6 is 0 Å². The quantitative estimate of drug-likeness (QED) is 0.668. The Hall–Kier alpha value is -1.30. The first kappa shape index (κ1) is 17.7. The minimum atomic E-state index is -0.840. The molecule has 0 aliphatic heterocycles. The number of carboxylic acids is 1. The Morgan fingerprint density at radius 1 is 1.37 bits per heavy atom. The number of amides is 2. The van der Waals surface area contributed by atoms with E-state index in [1.165, 1.54) is 0 Å². The fourth-order valence-electron chi connectivity index (χ4n) is 1.55. The lowest BCUT2D eigenvalue weighted by Gasteiger charge is -2.28. The summed E-state index contributed by atoms with van der Waals surface area (Å²) in [6, 6.07) is -0.0314. The molecule has 0 aromatic rings. The Morgan fingerprint density at radius 2 is 2.00 bits per heavy atom. The molecule has 0 fully saturated rings. The molecule has 2 unspecified atom stereocenters. The maximum Gasteiger partial charge on any atom is 0.317 e. The van der Waals surface area contributed by atoms with E-state index in [-0.39, 0.29) is 12.1 Å². The van der Waals surface area contributed by atoms with E-state index in [0.717, 1.165) is 6.42 Å². The molecule has 0 saturated carbocycles. The van der Waals surface area contributed by atoms with Gasteiger partial charge in [-0.15, -0.1) is 0 Å². The first-order chi connectivity index (χ1) is 8.93. The number of aliphatic carboxylic acids is 1. The van der Waals surface area contributed by atoms with Gasteiger partial charge in [-0.05, 0) is 19.8 Å². The normalized spacial score (nSPS) is 13.7. The largest absolute Gasteiger partial charge is 0.481 e. The molecule has 6 heteroatoms. The highest BCUT2D eigenvalue weighted by Crippen LogP contribution is 2.05. The monoisotopic (exact) mass is 274 g/mol. The second-order valence-electron chi connectivity index (χ2n) is 4.70. The summed E-state index contributed by atoms with van der Waals surface area (Å²) in [5.41, 5.74) is 0. The summed E-state index contributed by atoms with van der Waals surface area (Å²) in [7, 11) is 1.60. The molecular formula is C13H26N2O4. The highest BCUT2D eigenvalue weighted by Gasteiger charge is 2.18. The minimum Gasteiger partial charge on any atom is -0.481 e. The number of carbonyl (C=O) groups excluding carboxylic acids is 1. The lowest BCUT2D eigenvalue weighted by molar-refractivity contribution is -0.141. The first-order valence-electron chi connectivity index (χ1n) is 6.70. The molecule has 0 heterocycles. The average Bonchev–Trinajstić information content (AvgIpc) is 2.38. The molecule has 2 amide bonds. The molecule has 0 spiro atoms. The lowest BCUT2D eigenvalue weighted by atomic mass is 10.1. The van der Waals surface area contributed by atoms with Gasteiger partial charge in [0, 0.05) is 26.2 Å². The summed E-state index contributed by atoms with van der Waals surface area (Å²) in [6.45, 7) is 7.02. The van der Waals surface area contributed by atoms with Crippen LogP contribution in [0.3, 0.4) is 0 Å². The van der Waals surface area contributed by atoms with Gasteiger partial charge in [-0.1, -0.05) is 13.8 Å². The smallest absolute Gasteiger partial charge is 0.317 e.